The first kappa shape index (κ1) is 9.30. The van der Waals surface area contributed by atoms with Gasteiger partial charge in [-0.3, -0.25) is 14.8 Å². The van der Waals surface area contributed by atoms with Gasteiger partial charge in [0.15, 0.2) is 0 Å². The lowest BCUT2D eigenvalue weighted by molar-refractivity contribution is -0.178. The molecule has 0 aromatic rings. The summed E-state index contributed by atoms with van der Waals surface area (Å²) in [6.45, 7) is 3.46. The van der Waals surface area contributed by atoms with Crippen molar-refractivity contribution < 1.29 is 19.5 Å². The zero-order chi connectivity index (χ0) is 11.0. The van der Waals surface area contributed by atoms with Crippen LogP contribution in [0, 0.1) is 10.8 Å². The Morgan fingerprint density at radius 2 is 1.60 bits per heavy atom. The molecule has 3 fully saturated rings. The van der Waals surface area contributed by atoms with Gasteiger partial charge in [0.25, 0.3) is 11.8 Å². The number of fused-ring (bicyclic) bond motifs is 5. The molecule has 0 radical (unpaired) electrons. The molecule has 15 heavy (non-hydrogen) atoms. The molecule has 0 aromatic carbocycles. The van der Waals surface area contributed by atoms with Crippen LogP contribution >= 0.6 is 0 Å². The van der Waals surface area contributed by atoms with Crippen molar-refractivity contribution in [2.45, 2.75) is 38.9 Å². The highest BCUT2D eigenvalue weighted by molar-refractivity contribution is 6.09. The van der Waals surface area contributed by atoms with Gasteiger partial charge >= 0.3 is 0 Å². The first-order chi connectivity index (χ1) is 6.94. The van der Waals surface area contributed by atoms with Crippen molar-refractivity contribution in [1.29, 1.82) is 0 Å². The van der Waals surface area contributed by atoms with E-state index >= 15 is 0 Å². The predicted molar refractivity (Wildman–Crippen MR) is 47.7 cm³/mol. The van der Waals surface area contributed by atoms with E-state index in [1.807, 2.05) is 0 Å². The minimum atomic E-state index is -0.873. The molecule has 5 nitrogen and oxygen atoms in total. The number of amides is 2. The van der Waals surface area contributed by atoms with Crippen LogP contribution in [0.2, 0.25) is 0 Å². The quantitative estimate of drug-likeness (QED) is 0.463. The Kier molecular flexibility index (Phi) is 1.39. The summed E-state index contributed by atoms with van der Waals surface area (Å²) < 4.78 is 5.66. The summed E-state index contributed by atoms with van der Waals surface area (Å²) >= 11 is 0. The molecular weight excluding hydrogens is 198 g/mol. The third-order valence-corrected chi connectivity index (χ3v) is 4.66. The highest BCUT2D eigenvalue weighted by atomic mass is 16.5. The fourth-order valence-electron chi connectivity index (χ4n) is 3.41. The Morgan fingerprint density at radius 3 is 2.00 bits per heavy atom. The maximum Gasteiger partial charge on any atom is 0.263 e. The van der Waals surface area contributed by atoms with Gasteiger partial charge in [-0.05, 0) is 26.7 Å². The molecule has 3 aliphatic heterocycles. The average molecular weight is 211 g/mol. The van der Waals surface area contributed by atoms with Crippen molar-refractivity contribution in [2.75, 3.05) is 0 Å². The maximum atomic E-state index is 11.9. The molecule has 0 aliphatic carbocycles. The van der Waals surface area contributed by atoms with Crippen molar-refractivity contribution in [1.82, 2.24) is 5.06 Å². The third-order valence-electron chi connectivity index (χ3n) is 4.66. The van der Waals surface area contributed by atoms with E-state index in [4.69, 9.17) is 4.74 Å². The summed E-state index contributed by atoms with van der Waals surface area (Å²) in [4.78, 5) is 23.8. The van der Waals surface area contributed by atoms with Crippen LogP contribution in [-0.2, 0) is 14.3 Å². The second-order valence-electron chi connectivity index (χ2n) is 5.02. The van der Waals surface area contributed by atoms with Crippen molar-refractivity contribution >= 4 is 11.8 Å². The van der Waals surface area contributed by atoms with Gasteiger partial charge in [-0.2, -0.15) is 5.06 Å². The number of hydrogen-bond donors (Lipinski definition) is 1. The first-order valence-electron chi connectivity index (χ1n) is 5.17. The van der Waals surface area contributed by atoms with Gasteiger partial charge in [0.2, 0.25) is 0 Å². The standard InChI is InChI=1S/C10H13NO4/c1-9-5-3-4-6(15-5)10(9,2)8(13)11(14)7(9)12/h5-6,14H,3-4H2,1-2H3. The van der Waals surface area contributed by atoms with Crippen LogP contribution in [0.5, 0.6) is 0 Å². The van der Waals surface area contributed by atoms with Crippen LogP contribution in [-0.4, -0.2) is 34.3 Å². The summed E-state index contributed by atoms with van der Waals surface area (Å²) in [6.07, 6.45) is 1.15. The molecule has 1 N–H and O–H groups in total. The highest BCUT2D eigenvalue weighted by Gasteiger charge is 2.77. The number of nitrogens with zero attached hydrogens (tertiary/aromatic N) is 1. The summed E-state index contributed by atoms with van der Waals surface area (Å²) in [7, 11) is 0. The molecule has 3 saturated heterocycles. The minimum Gasteiger partial charge on any atom is -0.373 e. The second-order valence-corrected chi connectivity index (χ2v) is 5.02. The number of ether oxygens (including phenoxy) is 1. The fraction of sp³-hybridized carbons (Fsp3) is 0.800. The minimum absolute atomic E-state index is 0.221. The zero-order valence-corrected chi connectivity index (χ0v) is 8.69. The molecule has 3 heterocycles. The van der Waals surface area contributed by atoms with E-state index in [-0.39, 0.29) is 17.3 Å². The largest absolute Gasteiger partial charge is 0.373 e. The molecule has 3 aliphatic rings. The Balaban J connectivity index is 2.22. The van der Waals surface area contributed by atoms with E-state index in [0.717, 1.165) is 12.8 Å². The van der Waals surface area contributed by atoms with Crippen LogP contribution in [0.4, 0.5) is 0 Å². The monoisotopic (exact) mass is 211 g/mol. The Labute approximate surface area is 87.0 Å². The molecule has 5 heteroatoms. The third kappa shape index (κ3) is 0.664. The van der Waals surface area contributed by atoms with Gasteiger partial charge in [-0.25, -0.2) is 0 Å². The molecule has 0 spiro atoms. The predicted octanol–water partition coefficient (Wildman–Crippen LogP) is 0.318. The Hall–Kier alpha value is -0.940. The first-order valence-corrected chi connectivity index (χ1v) is 5.17. The Morgan fingerprint density at radius 1 is 1.20 bits per heavy atom. The SMILES string of the molecule is CC12C(=O)N(O)C(=O)C1(C)C1CCC2O1. The van der Waals surface area contributed by atoms with Gasteiger partial charge in [-0.1, -0.05) is 0 Å². The van der Waals surface area contributed by atoms with Crippen molar-refractivity contribution in [3.63, 3.8) is 0 Å². The van der Waals surface area contributed by atoms with E-state index in [1.165, 1.54) is 0 Å². The molecule has 2 amide bonds. The van der Waals surface area contributed by atoms with Crippen molar-refractivity contribution in [2.24, 2.45) is 10.8 Å². The summed E-state index contributed by atoms with van der Waals surface area (Å²) in [5.41, 5.74) is -1.75. The molecule has 0 aromatic heterocycles. The van der Waals surface area contributed by atoms with Crippen LogP contribution in [0.3, 0.4) is 0 Å². The molecule has 4 atom stereocenters. The number of hydroxylamine groups is 2. The molecule has 0 saturated carbocycles. The molecule has 3 rings (SSSR count). The number of imide groups is 1. The van der Waals surface area contributed by atoms with Gasteiger partial charge in [0.1, 0.15) is 0 Å². The van der Waals surface area contributed by atoms with E-state index in [0.29, 0.717) is 0 Å². The summed E-state index contributed by atoms with van der Waals surface area (Å²) in [6, 6.07) is 0. The smallest absolute Gasteiger partial charge is 0.263 e. The molecule has 82 valence electrons. The van der Waals surface area contributed by atoms with Crippen molar-refractivity contribution in [3.05, 3.63) is 0 Å². The molecule has 4 unspecified atom stereocenters. The number of rotatable bonds is 0. The van der Waals surface area contributed by atoms with E-state index < -0.39 is 22.6 Å². The van der Waals surface area contributed by atoms with Gasteiger partial charge in [-0.15, -0.1) is 0 Å². The topological polar surface area (TPSA) is 66.8 Å². The lowest BCUT2D eigenvalue weighted by Gasteiger charge is -2.36. The number of carbonyl (C=O) groups excluding carboxylic acids is 2. The van der Waals surface area contributed by atoms with Crippen LogP contribution in [0.15, 0.2) is 0 Å². The highest BCUT2D eigenvalue weighted by Crippen LogP contribution is 2.63. The molecular formula is C10H13NO4. The van der Waals surface area contributed by atoms with Crippen molar-refractivity contribution in [3.8, 4) is 0 Å². The number of hydrogen-bond acceptors (Lipinski definition) is 4. The number of carbonyl (C=O) groups is 2. The average Bonchev–Trinajstić information content (AvgIpc) is 2.81. The van der Waals surface area contributed by atoms with Gasteiger partial charge < -0.3 is 4.74 Å². The zero-order valence-electron chi connectivity index (χ0n) is 8.69. The maximum absolute atomic E-state index is 11.9. The summed E-state index contributed by atoms with van der Waals surface area (Å²) in [5, 5.41) is 9.73. The fourth-order valence-corrected chi connectivity index (χ4v) is 3.41. The Bertz CT molecular complexity index is 348. The van der Waals surface area contributed by atoms with E-state index in [2.05, 4.69) is 0 Å². The lowest BCUT2D eigenvalue weighted by Crippen LogP contribution is -2.48. The lowest BCUT2D eigenvalue weighted by atomic mass is 9.59. The van der Waals surface area contributed by atoms with E-state index in [1.54, 1.807) is 13.8 Å². The van der Waals surface area contributed by atoms with E-state index in [9.17, 15) is 14.8 Å². The summed E-state index contributed by atoms with van der Waals surface area (Å²) in [5.74, 6) is -1.02. The normalized spacial score (nSPS) is 52.9. The van der Waals surface area contributed by atoms with Crippen LogP contribution in [0.25, 0.3) is 0 Å². The molecule has 2 bridgehead atoms. The second kappa shape index (κ2) is 2.25. The van der Waals surface area contributed by atoms with Gasteiger partial charge in [0, 0.05) is 0 Å². The van der Waals surface area contributed by atoms with Crippen LogP contribution < -0.4 is 0 Å². The van der Waals surface area contributed by atoms with Gasteiger partial charge in [0.05, 0.1) is 23.0 Å². The van der Waals surface area contributed by atoms with Crippen LogP contribution in [0.1, 0.15) is 26.7 Å².